The number of nitrogens with zero attached hydrogens (tertiary/aromatic N) is 5. The van der Waals surface area contributed by atoms with Gasteiger partial charge in [-0.1, -0.05) is 0 Å². The highest BCUT2D eigenvalue weighted by Gasteiger charge is 2.28. The number of amides is 1. The molecule has 3 aromatic rings. The van der Waals surface area contributed by atoms with Gasteiger partial charge in [0.15, 0.2) is 5.58 Å². The van der Waals surface area contributed by atoms with Gasteiger partial charge in [0.25, 0.3) is 11.6 Å². The maximum absolute atomic E-state index is 11.7. The van der Waals surface area contributed by atoms with Crippen LogP contribution in [0, 0.1) is 10.1 Å². The summed E-state index contributed by atoms with van der Waals surface area (Å²) in [5.74, 6) is 0.135. The number of nitro groups is 1. The maximum Gasteiger partial charge on any atom is 0.271 e. The molecule has 10 heteroatoms. The molecule has 28 heavy (non-hydrogen) atoms. The van der Waals surface area contributed by atoms with E-state index in [0.29, 0.717) is 35.6 Å². The lowest BCUT2D eigenvalue weighted by Crippen LogP contribution is -2.34. The van der Waals surface area contributed by atoms with Crippen LogP contribution in [0.4, 0.5) is 5.69 Å². The number of non-ortho nitro benzene ring substituents is 1. The summed E-state index contributed by atoms with van der Waals surface area (Å²) in [6.45, 7) is 2.06. The van der Waals surface area contributed by atoms with Gasteiger partial charge < -0.3 is 10.2 Å². The Morgan fingerprint density at radius 2 is 2.29 bits per heavy atom. The minimum absolute atomic E-state index is 0.0143. The average Bonchev–Trinajstić information content (AvgIpc) is 3.24. The van der Waals surface area contributed by atoms with E-state index >= 15 is 0 Å². The van der Waals surface area contributed by atoms with Crippen molar-refractivity contribution in [2.75, 3.05) is 13.1 Å². The van der Waals surface area contributed by atoms with Crippen molar-refractivity contribution in [1.29, 1.82) is 0 Å². The molecule has 10 nitrogen and oxygen atoms in total. The second-order valence-corrected chi connectivity index (χ2v) is 7.06. The van der Waals surface area contributed by atoms with Crippen molar-refractivity contribution in [2.24, 2.45) is 12.8 Å². The number of benzene rings is 1. The molecular formula is C18H20N6O4. The Bertz CT molecular complexity index is 1060. The van der Waals surface area contributed by atoms with Gasteiger partial charge in [0, 0.05) is 37.8 Å². The van der Waals surface area contributed by atoms with Gasteiger partial charge in [-0.15, -0.1) is 0 Å². The number of nitrogens with two attached hydrogens (primary N) is 1. The average molecular weight is 384 g/mol. The van der Waals surface area contributed by atoms with Gasteiger partial charge in [-0.2, -0.15) is 5.10 Å². The quantitative estimate of drug-likeness (QED) is 0.525. The second kappa shape index (κ2) is 7.04. The third-order valence-corrected chi connectivity index (χ3v) is 5.00. The molecule has 0 bridgehead atoms. The normalized spacial score (nSPS) is 17.8. The molecule has 1 amide bonds. The Kier molecular flexibility index (Phi) is 4.55. The number of aryl methyl sites for hydroxylation is 1. The number of carbonyl (C=O) groups is 1. The number of primary amides is 1. The summed E-state index contributed by atoms with van der Waals surface area (Å²) in [6, 6.07) is 4.38. The number of hydrogen-bond acceptors (Lipinski definition) is 7. The first kappa shape index (κ1) is 18.1. The van der Waals surface area contributed by atoms with Gasteiger partial charge in [-0.3, -0.25) is 24.5 Å². The van der Waals surface area contributed by atoms with Crippen LogP contribution in [0.1, 0.15) is 40.7 Å². The first-order chi connectivity index (χ1) is 13.4. The Morgan fingerprint density at radius 1 is 1.46 bits per heavy atom. The third kappa shape index (κ3) is 3.46. The summed E-state index contributed by atoms with van der Waals surface area (Å²) in [4.78, 5) is 28.7. The van der Waals surface area contributed by atoms with Gasteiger partial charge in [0.1, 0.15) is 5.52 Å². The number of aromatic nitrogens is 3. The molecular weight excluding hydrogens is 364 g/mol. The van der Waals surface area contributed by atoms with Crippen molar-refractivity contribution in [2.45, 2.75) is 25.3 Å². The molecule has 0 spiro atoms. The first-order valence-electron chi connectivity index (χ1n) is 9.00. The molecule has 1 saturated heterocycles. The van der Waals surface area contributed by atoms with Gasteiger partial charge >= 0.3 is 0 Å². The van der Waals surface area contributed by atoms with E-state index in [4.69, 9.17) is 10.2 Å². The lowest BCUT2D eigenvalue weighted by Gasteiger charge is -2.31. The van der Waals surface area contributed by atoms with E-state index in [1.165, 1.54) is 12.1 Å². The van der Waals surface area contributed by atoms with Crippen molar-refractivity contribution in [1.82, 2.24) is 19.7 Å². The molecule has 0 radical (unpaired) electrons. The predicted octanol–water partition coefficient (Wildman–Crippen LogP) is 1.95. The van der Waals surface area contributed by atoms with Crippen LogP contribution in [-0.4, -0.2) is 43.6 Å². The Labute approximate surface area is 160 Å². The first-order valence-corrected chi connectivity index (χ1v) is 9.00. The van der Waals surface area contributed by atoms with Crippen LogP contribution in [-0.2, 0) is 13.6 Å². The van der Waals surface area contributed by atoms with Crippen LogP contribution >= 0.6 is 0 Å². The minimum atomic E-state index is -0.472. The zero-order valence-electron chi connectivity index (χ0n) is 15.4. The third-order valence-electron chi connectivity index (χ3n) is 5.00. The Hall–Kier alpha value is -3.27. The number of fused-ring (bicyclic) bond motifs is 1. The molecule has 2 N–H and O–H groups in total. The van der Waals surface area contributed by atoms with Crippen LogP contribution in [0.25, 0.3) is 11.1 Å². The number of rotatable bonds is 5. The monoisotopic (exact) mass is 384 g/mol. The van der Waals surface area contributed by atoms with Gasteiger partial charge in [-0.25, -0.2) is 4.98 Å². The van der Waals surface area contributed by atoms with Crippen molar-refractivity contribution >= 4 is 22.7 Å². The zero-order chi connectivity index (χ0) is 19.8. The molecule has 1 aliphatic heterocycles. The van der Waals surface area contributed by atoms with Crippen molar-refractivity contribution in [3.05, 3.63) is 51.7 Å². The molecule has 3 heterocycles. The number of piperidine rings is 1. The lowest BCUT2D eigenvalue weighted by molar-refractivity contribution is -0.384. The van der Waals surface area contributed by atoms with Gasteiger partial charge in [0.2, 0.25) is 5.89 Å². The molecule has 4 rings (SSSR count). The van der Waals surface area contributed by atoms with E-state index in [1.807, 2.05) is 0 Å². The molecule has 1 fully saturated rings. The summed E-state index contributed by atoms with van der Waals surface area (Å²) < 4.78 is 7.36. The van der Waals surface area contributed by atoms with E-state index in [2.05, 4.69) is 15.0 Å². The summed E-state index contributed by atoms with van der Waals surface area (Å²) in [5, 5.41) is 15.4. The topological polar surface area (TPSA) is 133 Å². The lowest BCUT2D eigenvalue weighted by atomic mass is 9.92. The van der Waals surface area contributed by atoms with E-state index < -0.39 is 10.8 Å². The van der Waals surface area contributed by atoms with Crippen LogP contribution in [0.5, 0.6) is 0 Å². The number of carbonyl (C=O) groups excluding carboxylic acids is 1. The second-order valence-electron chi connectivity index (χ2n) is 7.06. The summed E-state index contributed by atoms with van der Waals surface area (Å²) in [6.07, 6.45) is 3.53. The van der Waals surface area contributed by atoms with Crippen LogP contribution in [0.15, 0.2) is 28.8 Å². The fraction of sp³-hybridized carbons (Fsp3) is 0.389. The number of nitro benzene ring substituents is 1. The SMILES string of the molecule is Cn1cc(C(N)=O)c([C@@H]2CCCN(Cc3nc4cc([N+](=O)[O-])ccc4o3)C2)n1. The van der Waals surface area contributed by atoms with Crippen LogP contribution < -0.4 is 5.73 Å². The zero-order valence-corrected chi connectivity index (χ0v) is 15.4. The summed E-state index contributed by atoms with van der Waals surface area (Å²) in [7, 11) is 1.77. The summed E-state index contributed by atoms with van der Waals surface area (Å²) in [5.41, 5.74) is 7.66. The maximum atomic E-state index is 11.7. The Balaban J connectivity index is 1.52. The number of hydrogen-bond donors (Lipinski definition) is 1. The molecule has 1 aliphatic rings. The van der Waals surface area contributed by atoms with E-state index in [0.717, 1.165) is 25.1 Å². The van der Waals surface area contributed by atoms with E-state index in [1.54, 1.807) is 24.0 Å². The van der Waals surface area contributed by atoms with Gasteiger partial charge in [0.05, 0.1) is 22.7 Å². The molecule has 1 atom stereocenters. The molecule has 0 aliphatic carbocycles. The van der Waals surface area contributed by atoms with Crippen LogP contribution in [0.3, 0.4) is 0 Å². The van der Waals surface area contributed by atoms with Crippen LogP contribution in [0.2, 0.25) is 0 Å². The fourth-order valence-electron chi connectivity index (χ4n) is 3.76. The number of likely N-dealkylation sites (tertiary alicyclic amines) is 1. The molecule has 0 saturated carbocycles. The summed E-state index contributed by atoms with van der Waals surface area (Å²) >= 11 is 0. The highest BCUT2D eigenvalue weighted by Crippen LogP contribution is 2.29. The van der Waals surface area contributed by atoms with E-state index in [-0.39, 0.29) is 11.6 Å². The molecule has 1 aromatic carbocycles. The van der Waals surface area contributed by atoms with Gasteiger partial charge in [-0.05, 0) is 25.5 Å². The van der Waals surface area contributed by atoms with Crippen molar-refractivity contribution in [3.63, 3.8) is 0 Å². The van der Waals surface area contributed by atoms with Crippen molar-refractivity contribution < 1.29 is 14.1 Å². The molecule has 146 valence electrons. The van der Waals surface area contributed by atoms with Crippen molar-refractivity contribution in [3.8, 4) is 0 Å². The smallest absolute Gasteiger partial charge is 0.271 e. The predicted molar refractivity (Wildman–Crippen MR) is 99.6 cm³/mol. The molecule has 0 unspecified atom stereocenters. The fourth-order valence-corrected chi connectivity index (χ4v) is 3.76. The minimum Gasteiger partial charge on any atom is -0.439 e. The number of oxazole rings is 1. The largest absolute Gasteiger partial charge is 0.439 e. The standard InChI is InChI=1S/C18H20N6O4/c1-22-9-13(18(19)25)17(21-22)11-3-2-6-23(8-11)10-16-20-14-7-12(24(26)27)4-5-15(14)28-16/h4-5,7,9,11H,2-3,6,8,10H2,1H3,(H2,19,25)/t11-/m1/s1. The van der Waals surface area contributed by atoms with E-state index in [9.17, 15) is 14.9 Å². The Morgan fingerprint density at radius 3 is 3.04 bits per heavy atom. The molecule has 2 aromatic heterocycles. The highest BCUT2D eigenvalue weighted by molar-refractivity contribution is 5.93. The highest BCUT2D eigenvalue weighted by atomic mass is 16.6.